The Labute approximate surface area is 99.0 Å². The van der Waals surface area contributed by atoms with Crippen molar-refractivity contribution in [2.75, 3.05) is 6.61 Å². The summed E-state index contributed by atoms with van der Waals surface area (Å²) >= 11 is 0. The first-order valence-electron chi connectivity index (χ1n) is 4.24. The normalized spacial score (nSPS) is 11.5. The van der Waals surface area contributed by atoms with Gasteiger partial charge in [-0.3, -0.25) is 4.84 Å². The molecule has 0 atom stereocenters. The topological polar surface area (TPSA) is 92.7 Å². The highest BCUT2D eigenvalue weighted by atomic mass is 32.2. The van der Waals surface area contributed by atoms with Crippen molar-refractivity contribution < 1.29 is 36.3 Å². The van der Waals surface area contributed by atoms with Gasteiger partial charge in [0, 0.05) is 12.1 Å². The third-order valence-corrected chi connectivity index (χ3v) is 2.86. The number of carbonyl (C=O) groups is 1. The van der Waals surface area contributed by atoms with Gasteiger partial charge in [0.15, 0.2) is 11.5 Å². The monoisotopic (exact) mass is 285 g/mol. The fourth-order valence-electron chi connectivity index (χ4n) is 0.996. The lowest BCUT2D eigenvalue weighted by molar-refractivity contribution is -0.143. The molecule has 0 saturated heterocycles. The van der Waals surface area contributed by atoms with Crippen LogP contribution in [-0.4, -0.2) is 26.1 Å². The third kappa shape index (κ3) is 3.42. The van der Waals surface area contributed by atoms with E-state index in [4.69, 9.17) is 5.11 Å². The molecule has 0 heterocycles. The molecule has 100 valence electrons. The molecule has 0 spiro atoms. The number of hydrogen-bond acceptors (Lipinski definition) is 4. The van der Waals surface area contributed by atoms with Crippen LogP contribution >= 0.6 is 0 Å². The van der Waals surface area contributed by atoms with Gasteiger partial charge in [-0.1, -0.05) is 4.89 Å². The van der Waals surface area contributed by atoms with Crippen LogP contribution in [0.3, 0.4) is 0 Å². The molecule has 2 N–H and O–H groups in total. The van der Waals surface area contributed by atoms with Gasteiger partial charge in [0.1, 0.15) is 17.5 Å². The first-order chi connectivity index (χ1) is 8.24. The fraction of sp³-hybridized carbons (Fsp3) is 0.125. The Kier molecular flexibility index (Phi) is 4.27. The highest BCUT2D eigenvalue weighted by Gasteiger charge is 2.25. The Morgan fingerprint density at radius 1 is 1.28 bits per heavy atom. The zero-order valence-corrected chi connectivity index (χ0v) is 9.30. The molecule has 0 unspecified atom stereocenters. The number of rotatable bonds is 5. The van der Waals surface area contributed by atoms with Gasteiger partial charge >= 0.3 is 5.97 Å². The van der Waals surface area contributed by atoms with E-state index in [1.807, 2.05) is 0 Å². The number of sulfonamides is 1. The Bertz CT molecular complexity index is 551. The van der Waals surface area contributed by atoms with Crippen molar-refractivity contribution in [1.29, 1.82) is 0 Å². The number of benzene rings is 1. The molecule has 1 rings (SSSR count). The molecule has 1 aromatic rings. The van der Waals surface area contributed by atoms with E-state index in [1.165, 1.54) is 4.89 Å². The van der Waals surface area contributed by atoms with E-state index in [9.17, 15) is 26.4 Å². The van der Waals surface area contributed by atoms with Gasteiger partial charge < -0.3 is 5.11 Å². The van der Waals surface area contributed by atoms with Crippen LogP contribution in [-0.2, 0) is 19.7 Å². The Morgan fingerprint density at radius 2 is 1.78 bits per heavy atom. The van der Waals surface area contributed by atoms with Crippen molar-refractivity contribution in [3.05, 3.63) is 29.6 Å². The fourth-order valence-corrected chi connectivity index (χ4v) is 1.92. The van der Waals surface area contributed by atoms with Crippen molar-refractivity contribution in [3.8, 4) is 0 Å². The maximum absolute atomic E-state index is 13.1. The van der Waals surface area contributed by atoms with Gasteiger partial charge in [-0.05, 0) is 0 Å². The SMILES string of the molecule is O=C(O)CONS(=O)(=O)c1c(F)cc(F)cc1F. The van der Waals surface area contributed by atoms with Crippen LogP contribution in [0.25, 0.3) is 0 Å². The van der Waals surface area contributed by atoms with Crippen LogP contribution in [0.15, 0.2) is 17.0 Å². The molecule has 0 aromatic heterocycles. The minimum atomic E-state index is -4.79. The lowest BCUT2D eigenvalue weighted by atomic mass is 10.3. The molecule has 0 saturated carbocycles. The zero-order valence-electron chi connectivity index (χ0n) is 8.48. The Balaban J connectivity index is 3.02. The van der Waals surface area contributed by atoms with E-state index in [0.29, 0.717) is 0 Å². The Hall–Kier alpha value is -1.65. The van der Waals surface area contributed by atoms with Crippen molar-refractivity contribution in [1.82, 2.24) is 4.89 Å². The number of nitrogens with one attached hydrogen (secondary N) is 1. The average molecular weight is 285 g/mol. The molecule has 0 bridgehead atoms. The summed E-state index contributed by atoms with van der Waals surface area (Å²) in [6.45, 7) is -1.05. The Morgan fingerprint density at radius 3 is 2.22 bits per heavy atom. The van der Waals surface area contributed by atoms with Gasteiger partial charge in [0.25, 0.3) is 10.0 Å². The molecule has 6 nitrogen and oxygen atoms in total. The number of aliphatic carboxylic acids is 1. The molecule has 0 fully saturated rings. The number of carboxylic acids is 1. The molecule has 10 heteroatoms. The van der Waals surface area contributed by atoms with Crippen LogP contribution in [0, 0.1) is 17.5 Å². The zero-order chi connectivity index (χ0) is 13.9. The maximum atomic E-state index is 13.1. The van der Waals surface area contributed by atoms with Crippen LogP contribution in [0.2, 0.25) is 0 Å². The average Bonchev–Trinajstić information content (AvgIpc) is 2.13. The van der Waals surface area contributed by atoms with Gasteiger partial charge in [-0.25, -0.2) is 26.4 Å². The second-order valence-corrected chi connectivity index (χ2v) is 4.55. The van der Waals surface area contributed by atoms with E-state index in [2.05, 4.69) is 4.84 Å². The molecular weight excluding hydrogens is 279 g/mol. The van der Waals surface area contributed by atoms with E-state index in [-0.39, 0.29) is 12.1 Å². The molecule has 0 aliphatic rings. The smallest absolute Gasteiger partial charge is 0.331 e. The summed E-state index contributed by atoms with van der Waals surface area (Å²) in [5, 5.41) is 8.17. The molecule has 0 radical (unpaired) electrons. The van der Waals surface area contributed by atoms with Gasteiger partial charge in [0.05, 0.1) is 0 Å². The first-order valence-corrected chi connectivity index (χ1v) is 5.72. The predicted molar refractivity (Wildman–Crippen MR) is 50.2 cm³/mol. The second kappa shape index (κ2) is 5.33. The highest BCUT2D eigenvalue weighted by molar-refractivity contribution is 7.89. The van der Waals surface area contributed by atoms with Gasteiger partial charge in [-0.2, -0.15) is 0 Å². The standard InChI is InChI=1S/C8H6F3NO5S/c9-4-1-5(10)8(6(11)2-4)18(15,16)12-17-3-7(13)14/h1-2,12H,3H2,(H,13,14). The first kappa shape index (κ1) is 14.4. The molecule has 0 aliphatic heterocycles. The lowest BCUT2D eigenvalue weighted by Gasteiger charge is -2.07. The summed E-state index contributed by atoms with van der Waals surface area (Å²) in [6.07, 6.45) is 0. The molecule has 0 aliphatic carbocycles. The second-order valence-electron chi connectivity index (χ2n) is 2.97. The van der Waals surface area contributed by atoms with Crippen molar-refractivity contribution in [2.24, 2.45) is 0 Å². The highest BCUT2D eigenvalue weighted by Crippen LogP contribution is 2.19. The summed E-state index contributed by atoms with van der Waals surface area (Å²) < 4.78 is 61.5. The number of hydrogen-bond donors (Lipinski definition) is 2. The molecule has 1 aromatic carbocycles. The van der Waals surface area contributed by atoms with E-state index < -0.39 is 44.9 Å². The lowest BCUT2D eigenvalue weighted by Crippen LogP contribution is -2.28. The summed E-state index contributed by atoms with van der Waals surface area (Å²) in [6, 6.07) is 0.323. The van der Waals surface area contributed by atoms with E-state index >= 15 is 0 Å². The quantitative estimate of drug-likeness (QED) is 0.764. The minimum absolute atomic E-state index is 0.162. The summed E-state index contributed by atoms with van der Waals surface area (Å²) in [5.74, 6) is -6.13. The summed E-state index contributed by atoms with van der Waals surface area (Å²) in [5.41, 5.74) is 0. The number of halogens is 3. The summed E-state index contributed by atoms with van der Waals surface area (Å²) in [4.78, 5) is 13.8. The largest absolute Gasteiger partial charge is 0.479 e. The van der Waals surface area contributed by atoms with Crippen molar-refractivity contribution in [2.45, 2.75) is 4.90 Å². The van der Waals surface area contributed by atoms with Gasteiger partial charge in [-0.15, -0.1) is 0 Å². The van der Waals surface area contributed by atoms with E-state index in [0.717, 1.165) is 0 Å². The predicted octanol–water partition coefficient (Wildman–Crippen LogP) is 0.398. The van der Waals surface area contributed by atoms with Crippen LogP contribution < -0.4 is 4.89 Å². The molecule has 0 amide bonds. The van der Waals surface area contributed by atoms with Crippen molar-refractivity contribution in [3.63, 3.8) is 0 Å². The maximum Gasteiger partial charge on any atom is 0.331 e. The van der Waals surface area contributed by atoms with Crippen LogP contribution in [0.5, 0.6) is 0 Å². The third-order valence-electron chi connectivity index (χ3n) is 1.60. The molecule has 18 heavy (non-hydrogen) atoms. The van der Waals surface area contributed by atoms with E-state index in [1.54, 1.807) is 0 Å². The van der Waals surface area contributed by atoms with Crippen LogP contribution in [0.4, 0.5) is 13.2 Å². The summed E-state index contributed by atoms with van der Waals surface area (Å²) in [7, 11) is -4.79. The van der Waals surface area contributed by atoms with Crippen LogP contribution in [0.1, 0.15) is 0 Å². The van der Waals surface area contributed by atoms with Crippen molar-refractivity contribution >= 4 is 16.0 Å². The van der Waals surface area contributed by atoms with Gasteiger partial charge in [0.2, 0.25) is 0 Å². The number of carboxylic acid groups (broad SMARTS) is 1. The molecular formula is C8H6F3NO5S. The minimum Gasteiger partial charge on any atom is -0.479 e.